The van der Waals surface area contributed by atoms with Crippen molar-refractivity contribution in [2.45, 2.75) is 31.3 Å². The highest BCUT2D eigenvalue weighted by Crippen LogP contribution is 2.25. The Morgan fingerprint density at radius 1 is 1.00 bits per heavy atom. The Labute approximate surface area is 173 Å². The van der Waals surface area contributed by atoms with Crippen molar-refractivity contribution in [3.8, 4) is 0 Å². The van der Waals surface area contributed by atoms with E-state index in [0.29, 0.717) is 22.6 Å². The van der Waals surface area contributed by atoms with E-state index >= 15 is 0 Å². The molecule has 0 spiro atoms. The molecule has 0 aliphatic heterocycles. The lowest BCUT2D eigenvalue weighted by Gasteiger charge is -2.14. The summed E-state index contributed by atoms with van der Waals surface area (Å²) in [5.41, 5.74) is 5.13. The number of aromatic nitrogens is 2. The van der Waals surface area contributed by atoms with Gasteiger partial charge in [0.1, 0.15) is 5.82 Å². The average molecular weight is 405 g/mol. The fourth-order valence-electron chi connectivity index (χ4n) is 3.27. The maximum absolute atomic E-state index is 13.3. The zero-order valence-corrected chi connectivity index (χ0v) is 17.2. The van der Waals surface area contributed by atoms with E-state index in [9.17, 15) is 9.18 Å². The van der Waals surface area contributed by atoms with Crippen molar-refractivity contribution in [2.75, 3.05) is 0 Å². The normalized spacial score (nSPS) is 11.1. The minimum absolute atomic E-state index is 0.0802. The Kier molecular flexibility index (Phi) is 5.49. The third kappa shape index (κ3) is 4.25. The fraction of sp³-hybridized carbons (Fsp3) is 0.167. The Hall–Kier alpha value is -2.92. The first-order valence-corrected chi connectivity index (χ1v) is 10.4. The van der Waals surface area contributed by atoms with E-state index in [0.717, 1.165) is 11.3 Å². The van der Waals surface area contributed by atoms with Crippen LogP contribution in [0.15, 0.2) is 76.7 Å². The number of nitrogens with zero attached hydrogens (tertiary/aromatic N) is 2. The van der Waals surface area contributed by atoms with Crippen LogP contribution in [-0.4, -0.2) is 9.55 Å². The predicted molar refractivity (Wildman–Crippen MR) is 117 cm³/mol. The van der Waals surface area contributed by atoms with E-state index in [1.807, 2.05) is 18.2 Å². The van der Waals surface area contributed by atoms with Crippen LogP contribution in [0.4, 0.5) is 4.39 Å². The second-order valence-corrected chi connectivity index (χ2v) is 8.09. The molecule has 0 fully saturated rings. The van der Waals surface area contributed by atoms with Gasteiger partial charge in [-0.25, -0.2) is 9.37 Å². The summed E-state index contributed by atoms with van der Waals surface area (Å²) in [7, 11) is 0. The molecule has 0 aliphatic rings. The second-order valence-electron chi connectivity index (χ2n) is 7.15. The highest BCUT2D eigenvalue weighted by molar-refractivity contribution is 7.98. The smallest absolute Gasteiger partial charge is 0.262 e. The van der Waals surface area contributed by atoms with Crippen molar-refractivity contribution in [2.24, 2.45) is 0 Å². The molecular weight excluding hydrogens is 383 g/mol. The van der Waals surface area contributed by atoms with Crippen LogP contribution >= 0.6 is 11.8 Å². The molecule has 0 radical (unpaired) electrons. The number of hydrogen-bond acceptors (Lipinski definition) is 3. The first kappa shape index (κ1) is 19.4. The molecular formula is C24H21FN2OS. The van der Waals surface area contributed by atoms with Crippen molar-refractivity contribution in [1.82, 2.24) is 9.55 Å². The standard InChI is InChI=1S/C24H21FN2OS/c1-16-7-8-17(2)19(13-16)15-29-24-26-22-6-4-3-5-21(22)23(28)27(24)14-18-9-11-20(25)12-10-18/h3-13H,14-15H2,1-2H3. The average Bonchev–Trinajstić information content (AvgIpc) is 2.72. The zero-order valence-electron chi connectivity index (χ0n) is 16.4. The predicted octanol–water partition coefficient (Wildman–Crippen LogP) is 5.49. The van der Waals surface area contributed by atoms with E-state index in [2.05, 4.69) is 32.0 Å². The topological polar surface area (TPSA) is 34.9 Å². The number of aryl methyl sites for hydroxylation is 2. The molecule has 29 heavy (non-hydrogen) atoms. The van der Waals surface area contributed by atoms with Crippen LogP contribution in [0.5, 0.6) is 0 Å². The van der Waals surface area contributed by atoms with E-state index in [1.165, 1.54) is 28.8 Å². The molecule has 4 rings (SSSR count). The van der Waals surface area contributed by atoms with E-state index in [-0.39, 0.29) is 11.4 Å². The molecule has 3 aromatic carbocycles. The summed E-state index contributed by atoms with van der Waals surface area (Å²) in [6.45, 7) is 4.52. The summed E-state index contributed by atoms with van der Waals surface area (Å²) in [6.07, 6.45) is 0. The SMILES string of the molecule is Cc1ccc(C)c(CSc2nc3ccccc3c(=O)n2Cc2ccc(F)cc2)c1. The third-order valence-electron chi connectivity index (χ3n) is 4.94. The molecule has 1 aromatic heterocycles. The van der Waals surface area contributed by atoms with Crippen LogP contribution in [0, 0.1) is 19.7 Å². The van der Waals surface area contributed by atoms with E-state index in [4.69, 9.17) is 4.98 Å². The number of thioether (sulfide) groups is 1. The fourth-order valence-corrected chi connectivity index (χ4v) is 4.33. The zero-order chi connectivity index (χ0) is 20.4. The summed E-state index contributed by atoms with van der Waals surface area (Å²) in [4.78, 5) is 18.0. The molecule has 146 valence electrons. The second kappa shape index (κ2) is 8.21. The molecule has 5 heteroatoms. The van der Waals surface area contributed by atoms with Crippen LogP contribution in [-0.2, 0) is 12.3 Å². The highest BCUT2D eigenvalue weighted by Gasteiger charge is 2.13. The summed E-state index contributed by atoms with van der Waals surface area (Å²) in [5.74, 6) is 0.434. The molecule has 0 bridgehead atoms. The van der Waals surface area contributed by atoms with Gasteiger partial charge < -0.3 is 0 Å². The summed E-state index contributed by atoms with van der Waals surface area (Å²) < 4.78 is 15.0. The lowest BCUT2D eigenvalue weighted by Crippen LogP contribution is -2.24. The molecule has 3 nitrogen and oxygen atoms in total. The third-order valence-corrected chi connectivity index (χ3v) is 5.97. The molecule has 1 heterocycles. The molecule has 0 N–H and O–H groups in total. The quantitative estimate of drug-likeness (QED) is 0.326. The summed E-state index contributed by atoms with van der Waals surface area (Å²) in [6, 6.07) is 20.0. The van der Waals surface area contributed by atoms with Gasteiger partial charge in [0.2, 0.25) is 0 Å². The number of fused-ring (bicyclic) bond motifs is 1. The van der Waals surface area contributed by atoms with Gasteiger partial charge in [-0.1, -0.05) is 59.8 Å². The minimum Gasteiger partial charge on any atom is -0.283 e. The Morgan fingerprint density at radius 3 is 2.55 bits per heavy atom. The largest absolute Gasteiger partial charge is 0.283 e. The Balaban J connectivity index is 1.75. The van der Waals surface area contributed by atoms with Crippen LogP contribution in [0.2, 0.25) is 0 Å². The van der Waals surface area contributed by atoms with Gasteiger partial charge in [0.05, 0.1) is 17.4 Å². The lowest BCUT2D eigenvalue weighted by molar-refractivity contribution is 0.622. The molecule has 0 amide bonds. The number of para-hydroxylation sites is 1. The highest BCUT2D eigenvalue weighted by atomic mass is 32.2. The number of benzene rings is 3. The van der Waals surface area contributed by atoms with Gasteiger partial charge in [-0.3, -0.25) is 9.36 Å². The molecule has 0 atom stereocenters. The van der Waals surface area contributed by atoms with Crippen molar-refractivity contribution in [1.29, 1.82) is 0 Å². The van der Waals surface area contributed by atoms with Gasteiger partial charge in [-0.15, -0.1) is 0 Å². The van der Waals surface area contributed by atoms with Gasteiger partial charge >= 0.3 is 0 Å². The van der Waals surface area contributed by atoms with Gasteiger partial charge in [0.15, 0.2) is 5.16 Å². The van der Waals surface area contributed by atoms with Crippen molar-refractivity contribution in [3.05, 3.63) is 105 Å². The number of hydrogen-bond donors (Lipinski definition) is 0. The summed E-state index contributed by atoms with van der Waals surface area (Å²) in [5, 5.41) is 1.25. The summed E-state index contributed by atoms with van der Waals surface area (Å²) >= 11 is 1.55. The van der Waals surface area contributed by atoms with Crippen LogP contribution < -0.4 is 5.56 Å². The molecule has 0 aliphatic carbocycles. The maximum atomic E-state index is 13.3. The van der Waals surface area contributed by atoms with E-state index < -0.39 is 0 Å². The maximum Gasteiger partial charge on any atom is 0.262 e. The van der Waals surface area contributed by atoms with Crippen LogP contribution in [0.25, 0.3) is 10.9 Å². The number of halogens is 1. The van der Waals surface area contributed by atoms with Crippen molar-refractivity contribution >= 4 is 22.7 Å². The van der Waals surface area contributed by atoms with Crippen LogP contribution in [0.3, 0.4) is 0 Å². The first-order chi connectivity index (χ1) is 14.0. The molecule has 4 aromatic rings. The van der Waals surface area contributed by atoms with Gasteiger partial charge in [0, 0.05) is 5.75 Å². The minimum atomic E-state index is -0.290. The molecule has 0 saturated heterocycles. The van der Waals surface area contributed by atoms with Gasteiger partial charge in [-0.05, 0) is 54.8 Å². The van der Waals surface area contributed by atoms with Gasteiger partial charge in [-0.2, -0.15) is 0 Å². The molecule has 0 saturated carbocycles. The first-order valence-electron chi connectivity index (χ1n) is 9.44. The molecule has 0 unspecified atom stereocenters. The Morgan fingerprint density at radius 2 is 1.76 bits per heavy atom. The van der Waals surface area contributed by atoms with Crippen molar-refractivity contribution < 1.29 is 4.39 Å². The van der Waals surface area contributed by atoms with Crippen molar-refractivity contribution in [3.63, 3.8) is 0 Å². The van der Waals surface area contributed by atoms with E-state index in [1.54, 1.807) is 34.5 Å². The van der Waals surface area contributed by atoms with Gasteiger partial charge in [0.25, 0.3) is 5.56 Å². The lowest BCUT2D eigenvalue weighted by atomic mass is 10.1. The number of rotatable bonds is 5. The Bertz CT molecular complexity index is 1230. The van der Waals surface area contributed by atoms with Crippen LogP contribution in [0.1, 0.15) is 22.3 Å². The monoisotopic (exact) mass is 404 g/mol.